The minimum atomic E-state index is -1.16. The van der Waals surface area contributed by atoms with Gasteiger partial charge < -0.3 is 19.9 Å². The van der Waals surface area contributed by atoms with E-state index in [1.807, 2.05) is 0 Å². The molecule has 0 saturated carbocycles. The van der Waals surface area contributed by atoms with Gasteiger partial charge in [0.25, 0.3) is 5.91 Å². The van der Waals surface area contributed by atoms with Gasteiger partial charge in [0.2, 0.25) is 0 Å². The molecule has 6 nitrogen and oxygen atoms in total. The Kier molecular flexibility index (Phi) is 5.99. The summed E-state index contributed by atoms with van der Waals surface area (Å²) in [7, 11) is 1.26. The fourth-order valence-corrected chi connectivity index (χ4v) is 1.64. The first kappa shape index (κ1) is 17.3. The lowest BCUT2D eigenvalue weighted by atomic mass is 10.1. The molecule has 1 amide bonds. The van der Waals surface area contributed by atoms with Crippen LogP contribution in [-0.2, 0) is 14.3 Å². The second-order valence-corrected chi connectivity index (χ2v) is 5.28. The lowest BCUT2D eigenvalue weighted by Gasteiger charge is -2.26. The van der Waals surface area contributed by atoms with E-state index in [1.165, 1.54) is 7.11 Å². The van der Waals surface area contributed by atoms with Crippen molar-refractivity contribution in [1.29, 1.82) is 0 Å². The second kappa shape index (κ2) is 7.28. The number of carboxylic acid groups (broad SMARTS) is 1. The minimum Gasteiger partial charge on any atom is -0.479 e. The number of benzene rings is 1. The van der Waals surface area contributed by atoms with Gasteiger partial charge in [0.15, 0.2) is 11.7 Å². The van der Waals surface area contributed by atoms with Crippen LogP contribution in [0.15, 0.2) is 24.3 Å². The zero-order valence-electron chi connectivity index (χ0n) is 12.1. The third kappa shape index (κ3) is 5.24. The van der Waals surface area contributed by atoms with Crippen LogP contribution in [0.5, 0.6) is 5.75 Å². The highest BCUT2D eigenvalue weighted by Gasteiger charge is 2.31. The zero-order chi connectivity index (χ0) is 16.0. The monoisotopic (exact) mass is 315 g/mol. The molecule has 21 heavy (non-hydrogen) atoms. The van der Waals surface area contributed by atoms with Gasteiger partial charge >= 0.3 is 5.97 Å². The van der Waals surface area contributed by atoms with E-state index in [4.69, 9.17) is 26.2 Å². The third-order valence-corrected chi connectivity index (χ3v) is 2.99. The van der Waals surface area contributed by atoms with Crippen LogP contribution >= 0.6 is 11.6 Å². The molecule has 1 unspecified atom stereocenters. The van der Waals surface area contributed by atoms with Gasteiger partial charge in [-0.15, -0.1) is 0 Å². The summed E-state index contributed by atoms with van der Waals surface area (Å²) in [4.78, 5) is 22.9. The molecule has 0 spiro atoms. The number of ether oxygens (including phenoxy) is 2. The quantitative estimate of drug-likeness (QED) is 0.800. The zero-order valence-corrected chi connectivity index (χ0v) is 12.8. The first-order chi connectivity index (χ1) is 9.76. The largest absolute Gasteiger partial charge is 0.479 e. The van der Waals surface area contributed by atoms with Crippen molar-refractivity contribution < 1.29 is 24.2 Å². The molecule has 1 aromatic rings. The molecule has 1 atom stereocenters. The fraction of sp³-hybridized carbons (Fsp3) is 0.429. The van der Waals surface area contributed by atoms with Gasteiger partial charge in [-0.05, 0) is 38.1 Å². The molecule has 0 aliphatic heterocycles. The second-order valence-electron chi connectivity index (χ2n) is 4.84. The number of aliphatic carboxylic acids is 1. The van der Waals surface area contributed by atoms with Crippen molar-refractivity contribution in [3.8, 4) is 5.75 Å². The van der Waals surface area contributed by atoms with E-state index >= 15 is 0 Å². The summed E-state index contributed by atoms with van der Waals surface area (Å²) in [6.45, 7) is 3.02. The van der Waals surface area contributed by atoms with Crippen LogP contribution < -0.4 is 10.1 Å². The maximum Gasteiger partial charge on any atom is 0.334 e. The molecule has 0 heterocycles. The molecule has 0 saturated heterocycles. The van der Waals surface area contributed by atoms with Crippen molar-refractivity contribution in [2.75, 3.05) is 13.7 Å². The highest BCUT2D eigenvalue weighted by Crippen LogP contribution is 2.20. The number of hydrogen-bond donors (Lipinski definition) is 2. The first-order valence-electron chi connectivity index (χ1n) is 6.24. The van der Waals surface area contributed by atoms with E-state index in [9.17, 15) is 9.59 Å². The average Bonchev–Trinajstić information content (AvgIpc) is 2.41. The number of carbonyl (C=O) groups is 2. The van der Waals surface area contributed by atoms with Crippen LogP contribution in [0, 0.1) is 0 Å². The smallest absolute Gasteiger partial charge is 0.334 e. The minimum absolute atomic E-state index is 0.141. The number of rotatable bonds is 7. The molecule has 2 N–H and O–H groups in total. The molecule has 0 aliphatic carbocycles. The summed E-state index contributed by atoms with van der Waals surface area (Å²) < 4.78 is 10.3. The fourth-order valence-electron chi connectivity index (χ4n) is 1.51. The van der Waals surface area contributed by atoms with Crippen LogP contribution in [0.4, 0.5) is 0 Å². The predicted molar refractivity (Wildman–Crippen MR) is 77.6 cm³/mol. The van der Waals surface area contributed by atoms with E-state index < -0.39 is 23.6 Å². The molecule has 7 heteroatoms. The topological polar surface area (TPSA) is 84.9 Å². The SMILES string of the molecule is COC(CNC(=O)C(C)(C)Oc1ccc(Cl)cc1)C(=O)O. The van der Waals surface area contributed by atoms with Gasteiger partial charge in [-0.1, -0.05) is 11.6 Å². The summed E-state index contributed by atoms with van der Waals surface area (Å²) in [5.41, 5.74) is -1.16. The van der Waals surface area contributed by atoms with E-state index in [0.29, 0.717) is 10.8 Å². The maximum atomic E-state index is 12.1. The lowest BCUT2D eigenvalue weighted by Crippen LogP contribution is -2.49. The molecule has 116 valence electrons. The number of nitrogens with one attached hydrogen (secondary N) is 1. The van der Waals surface area contributed by atoms with Crippen LogP contribution in [0.1, 0.15) is 13.8 Å². The van der Waals surface area contributed by atoms with Crippen molar-refractivity contribution in [3.05, 3.63) is 29.3 Å². The normalized spacial score (nSPS) is 12.6. The molecule has 1 rings (SSSR count). The molecule has 0 aromatic heterocycles. The summed E-state index contributed by atoms with van der Waals surface area (Å²) in [5, 5.41) is 11.9. The van der Waals surface area contributed by atoms with Gasteiger partial charge in [-0.3, -0.25) is 4.79 Å². The van der Waals surface area contributed by atoms with E-state index in [0.717, 1.165) is 0 Å². The Morgan fingerprint density at radius 3 is 2.38 bits per heavy atom. The molecular formula is C14H18ClNO5. The Hall–Kier alpha value is -1.79. The van der Waals surface area contributed by atoms with E-state index in [1.54, 1.807) is 38.1 Å². The van der Waals surface area contributed by atoms with E-state index in [2.05, 4.69) is 5.32 Å². The Morgan fingerprint density at radius 2 is 1.90 bits per heavy atom. The van der Waals surface area contributed by atoms with Crippen LogP contribution in [-0.4, -0.2) is 42.3 Å². The Labute approximate surface area is 128 Å². The van der Waals surface area contributed by atoms with Gasteiger partial charge in [0.1, 0.15) is 5.75 Å². The maximum absolute atomic E-state index is 12.1. The number of carbonyl (C=O) groups excluding carboxylic acids is 1. The molecule has 0 aliphatic rings. The van der Waals surface area contributed by atoms with Crippen LogP contribution in [0.3, 0.4) is 0 Å². The third-order valence-electron chi connectivity index (χ3n) is 2.74. The highest BCUT2D eigenvalue weighted by atomic mass is 35.5. The van der Waals surface area contributed by atoms with Crippen LogP contribution in [0.2, 0.25) is 5.02 Å². The number of carboxylic acids is 1. The predicted octanol–water partition coefficient (Wildman–Crippen LogP) is 1.71. The van der Waals surface area contributed by atoms with Gasteiger partial charge in [-0.2, -0.15) is 0 Å². The molecule has 0 fully saturated rings. The average molecular weight is 316 g/mol. The molecule has 0 bridgehead atoms. The summed E-state index contributed by atoms with van der Waals surface area (Å²) in [5.74, 6) is -1.10. The van der Waals surface area contributed by atoms with E-state index in [-0.39, 0.29) is 6.54 Å². The number of methoxy groups -OCH3 is 1. The molecule has 1 aromatic carbocycles. The van der Waals surface area contributed by atoms with Gasteiger partial charge in [0, 0.05) is 12.1 Å². The van der Waals surface area contributed by atoms with Crippen molar-refractivity contribution in [3.63, 3.8) is 0 Å². The lowest BCUT2D eigenvalue weighted by molar-refractivity contribution is -0.148. The van der Waals surface area contributed by atoms with Crippen LogP contribution in [0.25, 0.3) is 0 Å². The Balaban J connectivity index is 2.62. The standard InChI is InChI=1S/C14H18ClNO5/c1-14(2,21-10-6-4-9(15)5-7-10)13(19)16-8-11(20-3)12(17)18/h4-7,11H,8H2,1-3H3,(H,16,19)(H,17,18). The van der Waals surface area contributed by atoms with Crippen molar-refractivity contribution in [2.24, 2.45) is 0 Å². The number of amides is 1. The van der Waals surface area contributed by atoms with Crippen molar-refractivity contribution in [2.45, 2.75) is 25.6 Å². The first-order valence-corrected chi connectivity index (χ1v) is 6.62. The van der Waals surface area contributed by atoms with Gasteiger partial charge in [-0.25, -0.2) is 4.79 Å². The molecule has 0 radical (unpaired) electrons. The highest BCUT2D eigenvalue weighted by molar-refractivity contribution is 6.30. The molecular weight excluding hydrogens is 298 g/mol. The number of halogens is 1. The summed E-state index contributed by atoms with van der Waals surface area (Å²) in [6.07, 6.45) is -1.10. The summed E-state index contributed by atoms with van der Waals surface area (Å²) >= 11 is 5.77. The van der Waals surface area contributed by atoms with Crippen molar-refractivity contribution >= 4 is 23.5 Å². The Morgan fingerprint density at radius 1 is 1.33 bits per heavy atom. The van der Waals surface area contributed by atoms with Crippen molar-refractivity contribution in [1.82, 2.24) is 5.32 Å². The Bertz CT molecular complexity index is 501. The van der Waals surface area contributed by atoms with Gasteiger partial charge in [0.05, 0.1) is 6.54 Å². The number of hydrogen-bond acceptors (Lipinski definition) is 4. The summed E-state index contributed by atoms with van der Waals surface area (Å²) in [6, 6.07) is 6.59.